The van der Waals surface area contributed by atoms with E-state index in [0.717, 1.165) is 0 Å². The Morgan fingerprint density at radius 1 is 1.48 bits per heavy atom. The molecule has 0 saturated heterocycles. The zero-order valence-corrected chi connectivity index (χ0v) is 12.5. The first-order chi connectivity index (χ1) is 10.1. The van der Waals surface area contributed by atoms with E-state index in [2.05, 4.69) is 10.5 Å². The van der Waals surface area contributed by atoms with Crippen molar-refractivity contribution in [2.24, 2.45) is 0 Å². The average molecular weight is 310 g/mol. The van der Waals surface area contributed by atoms with E-state index >= 15 is 0 Å². The van der Waals surface area contributed by atoms with Crippen LogP contribution in [0.5, 0.6) is 5.75 Å². The number of carbonyl (C=O) groups is 1. The van der Waals surface area contributed by atoms with Gasteiger partial charge in [0, 0.05) is 17.4 Å². The standard InChI is InChI=1S/C14H15FN2O3S/c1-9-5-14(20-17-9)16-13(18)8-21-7-10-6-11(15)3-4-12(10)19-2/h3-6H,7-8H2,1-2H3,(H,16,18). The van der Waals surface area contributed by atoms with Crippen LogP contribution in [0.3, 0.4) is 0 Å². The molecule has 0 spiro atoms. The summed E-state index contributed by atoms with van der Waals surface area (Å²) in [5.74, 6) is 1.10. The molecule has 0 bridgehead atoms. The van der Waals surface area contributed by atoms with Crippen molar-refractivity contribution in [3.63, 3.8) is 0 Å². The Labute approximate surface area is 125 Å². The molecule has 1 aromatic carbocycles. The van der Waals surface area contributed by atoms with Crippen molar-refractivity contribution in [3.8, 4) is 5.75 Å². The van der Waals surface area contributed by atoms with E-state index in [1.54, 1.807) is 19.1 Å². The van der Waals surface area contributed by atoms with Gasteiger partial charge in [-0.1, -0.05) is 5.16 Å². The lowest BCUT2D eigenvalue weighted by Crippen LogP contribution is -2.13. The van der Waals surface area contributed by atoms with Gasteiger partial charge in [-0.3, -0.25) is 10.1 Å². The Morgan fingerprint density at radius 3 is 2.95 bits per heavy atom. The zero-order chi connectivity index (χ0) is 15.2. The number of benzene rings is 1. The number of halogens is 1. The minimum atomic E-state index is -0.326. The topological polar surface area (TPSA) is 64.4 Å². The second-order valence-electron chi connectivity index (χ2n) is 4.33. The lowest BCUT2D eigenvalue weighted by molar-refractivity contribution is -0.113. The summed E-state index contributed by atoms with van der Waals surface area (Å²) in [7, 11) is 1.53. The minimum absolute atomic E-state index is 0.202. The van der Waals surface area contributed by atoms with E-state index in [1.165, 1.54) is 31.0 Å². The van der Waals surface area contributed by atoms with E-state index in [0.29, 0.717) is 28.6 Å². The molecule has 1 heterocycles. The first kappa shape index (κ1) is 15.4. The lowest BCUT2D eigenvalue weighted by atomic mass is 10.2. The third-order valence-corrected chi connectivity index (χ3v) is 3.61. The van der Waals surface area contributed by atoms with Gasteiger partial charge in [-0.25, -0.2) is 4.39 Å². The lowest BCUT2D eigenvalue weighted by Gasteiger charge is -2.08. The van der Waals surface area contributed by atoms with Crippen LogP contribution in [0, 0.1) is 12.7 Å². The van der Waals surface area contributed by atoms with Crippen LogP contribution in [0.4, 0.5) is 10.3 Å². The van der Waals surface area contributed by atoms with Crippen molar-refractivity contribution in [3.05, 3.63) is 41.3 Å². The fourth-order valence-electron chi connectivity index (χ4n) is 1.71. The van der Waals surface area contributed by atoms with Crippen LogP contribution in [0.2, 0.25) is 0 Å². The van der Waals surface area contributed by atoms with Gasteiger partial charge in [0.2, 0.25) is 11.8 Å². The number of nitrogens with zero attached hydrogens (tertiary/aromatic N) is 1. The summed E-state index contributed by atoms with van der Waals surface area (Å²) >= 11 is 1.36. The number of ether oxygens (including phenoxy) is 1. The third-order valence-electron chi connectivity index (χ3n) is 2.62. The Hall–Kier alpha value is -2.02. The van der Waals surface area contributed by atoms with Crippen LogP contribution >= 0.6 is 11.8 Å². The molecular weight excluding hydrogens is 295 g/mol. The summed E-state index contributed by atoms with van der Waals surface area (Å²) < 4.78 is 23.2. The normalized spacial score (nSPS) is 10.4. The van der Waals surface area contributed by atoms with Gasteiger partial charge >= 0.3 is 0 Å². The van der Waals surface area contributed by atoms with Gasteiger partial charge in [-0.15, -0.1) is 11.8 Å². The Balaban J connectivity index is 1.84. The molecule has 0 aliphatic heterocycles. The highest BCUT2D eigenvalue weighted by Crippen LogP contribution is 2.24. The zero-order valence-electron chi connectivity index (χ0n) is 11.7. The first-order valence-electron chi connectivity index (χ1n) is 6.22. The molecule has 0 saturated carbocycles. The molecule has 2 aromatic rings. The maximum atomic E-state index is 13.2. The molecule has 0 radical (unpaired) electrons. The molecule has 1 aromatic heterocycles. The summed E-state index contributed by atoms with van der Waals surface area (Å²) in [4.78, 5) is 11.7. The van der Waals surface area contributed by atoms with Crippen molar-refractivity contribution in [1.82, 2.24) is 5.16 Å². The molecule has 2 rings (SSSR count). The number of nitrogens with one attached hydrogen (secondary N) is 1. The smallest absolute Gasteiger partial charge is 0.236 e. The number of methoxy groups -OCH3 is 1. The fraction of sp³-hybridized carbons (Fsp3) is 0.286. The summed E-state index contributed by atoms with van der Waals surface area (Å²) in [6, 6.07) is 5.95. The Kier molecular flexibility index (Phi) is 5.21. The van der Waals surface area contributed by atoms with Crippen LogP contribution < -0.4 is 10.1 Å². The molecule has 5 nitrogen and oxygen atoms in total. The van der Waals surface area contributed by atoms with E-state index in [4.69, 9.17) is 9.26 Å². The number of rotatable bonds is 6. The number of hydrogen-bond acceptors (Lipinski definition) is 5. The number of thioether (sulfide) groups is 1. The van der Waals surface area contributed by atoms with E-state index < -0.39 is 0 Å². The summed E-state index contributed by atoms with van der Waals surface area (Å²) in [6.45, 7) is 1.77. The molecule has 112 valence electrons. The Morgan fingerprint density at radius 2 is 2.29 bits per heavy atom. The van der Waals surface area contributed by atoms with Gasteiger partial charge in [0.15, 0.2) is 0 Å². The predicted molar refractivity (Wildman–Crippen MR) is 79.0 cm³/mol. The molecule has 0 aliphatic rings. The van der Waals surface area contributed by atoms with Crippen LogP contribution in [0.25, 0.3) is 0 Å². The quantitative estimate of drug-likeness (QED) is 0.888. The molecule has 0 aliphatic carbocycles. The molecule has 21 heavy (non-hydrogen) atoms. The first-order valence-corrected chi connectivity index (χ1v) is 7.37. The van der Waals surface area contributed by atoms with Gasteiger partial charge in [-0.2, -0.15) is 0 Å². The maximum Gasteiger partial charge on any atom is 0.236 e. The minimum Gasteiger partial charge on any atom is -0.496 e. The highest BCUT2D eigenvalue weighted by atomic mass is 32.2. The second kappa shape index (κ2) is 7.12. The monoisotopic (exact) mass is 310 g/mol. The highest BCUT2D eigenvalue weighted by molar-refractivity contribution is 7.99. The molecule has 7 heteroatoms. The SMILES string of the molecule is COc1ccc(F)cc1CSCC(=O)Nc1cc(C)no1. The van der Waals surface area contributed by atoms with Crippen LogP contribution in [0.15, 0.2) is 28.8 Å². The summed E-state index contributed by atoms with van der Waals surface area (Å²) in [5.41, 5.74) is 1.41. The molecular formula is C14H15FN2O3S. The number of aryl methyl sites for hydroxylation is 1. The van der Waals surface area contributed by atoms with Crippen molar-refractivity contribution in [1.29, 1.82) is 0 Å². The molecule has 0 fully saturated rings. The van der Waals surface area contributed by atoms with Crippen LogP contribution in [0.1, 0.15) is 11.3 Å². The molecule has 1 amide bonds. The Bertz CT molecular complexity index is 630. The number of aromatic nitrogens is 1. The predicted octanol–water partition coefficient (Wildman–Crippen LogP) is 3.00. The molecule has 0 unspecified atom stereocenters. The largest absolute Gasteiger partial charge is 0.496 e. The number of carbonyl (C=O) groups excluding carboxylic acids is 1. The van der Waals surface area contributed by atoms with E-state index in [9.17, 15) is 9.18 Å². The maximum absolute atomic E-state index is 13.2. The van der Waals surface area contributed by atoms with Crippen molar-refractivity contribution >= 4 is 23.6 Å². The van der Waals surface area contributed by atoms with Gasteiger partial charge in [0.1, 0.15) is 11.6 Å². The van der Waals surface area contributed by atoms with Crippen LogP contribution in [-0.2, 0) is 10.5 Å². The van der Waals surface area contributed by atoms with Crippen molar-refractivity contribution < 1.29 is 18.4 Å². The number of hydrogen-bond donors (Lipinski definition) is 1. The molecule has 1 N–H and O–H groups in total. The van der Waals surface area contributed by atoms with Crippen molar-refractivity contribution in [2.45, 2.75) is 12.7 Å². The van der Waals surface area contributed by atoms with E-state index in [-0.39, 0.29) is 17.5 Å². The van der Waals surface area contributed by atoms with Gasteiger partial charge < -0.3 is 9.26 Å². The fourth-order valence-corrected chi connectivity index (χ4v) is 2.51. The van der Waals surface area contributed by atoms with Gasteiger partial charge in [-0.05, 0) is 25.1 Å². The average Bonchev–Trinajstić information content (AvgIpc) is 2.84. The van der Waals surface area contributed by atoms with Crippen LogP contribution in [-0.4, -0.2) is 23.9 Å². The highest BCUT2D eigenvalue weighted by Gasteiger charge is 2.09. The van der Waals surface area contributed by atoms with E-state index in [1.807, 2.05) is 0 Å². The van der Waals surface area contributed by atoms with Crippen molar-refractivity contribution in [2.75, 3.05) is 18.2 Å². The number of amides is 1. The van der Waals surface area contributed by atoms with Gasteiger partial charge in [0.05, 0.1) is 18.6 Å². The van der Waals surface area contributed by atoms with Gasteiger partial charge in [0.25, 0.3) is 0 Å². The summed E-state index contributed by atoms with van der Waals surface area (Å²) in [6.07, 6.45) is 0. The third kappa shape index (κ3) is 4.49. The number of anilines is 1. The second-order valence-corrected chi connectivity index (χ2v) is 5.32. The summed E-state index contributed by atoms with van der Waals surface area (Å²) in [5, 5.41) is 6.27. The molecule has 0 atom stereocenters.